The molecule has 2 fully saturated rings. The Bertz CT molecular complexity index is 953. The van der Waals surface area contributed by atoms with Gasteiger partial charge in [0.05, 0.1) is 13.2 Å². The lowest BCUT2D eigenvalue weighted by Gasteiger charge is -2.31. The van der Waals surface area contributed by atoms with Crippen molar-refractivity contribution in [1.82, 2.24) is 19.1 Å². The van der Waals surface area contributed by atoms with Crippen LogP contribution in [0, 0.1) is 0 Å². The maximum absolute atomic E-state index is 12.8. The van der Waals surface area contributed by atoms with Gasteiger partial charge in [0, 0.05) is 58.6 Å². The van der Waals surface area contributed by atoms with Gasteiger partial charge in [0.1, 0.15) is 10.7 Å². The summed E-state index contributed by atoms with van der Waals surface area (Å²) < 4.78 is 32.6. The van der Waals surface area contributed by atoms with Crippen molar-refractivity contribution < 1.29 is 13.2 Å². The van der Waals surface area contributed by atoms with E-state index in [-0.39, 0.29) is 4.90 Å². The van der Waals surface area contributed by atoms with Crippen molar-refractivity contribution in [3.05, 3.63) is 53.7 Å². The number of rotatable bonds is 7. The first-order chi connectivity index (χ1) is 15.0. The van der Waals surface area contributed by atoms with Crippen LogP contribution in [0.25, 0.3) is 0 Å². The lowest BCUT2D eigenvalue weighted by atomic mass is 10.1. The predicted molar refractivity (Wildman–Crippen MR) is 120 cm³/mol. The molecule has 168 valence electrons. The molecule has 0 amide bonds. The van der Waals surface area contributed by atoms with Crippen molar-refractivity contribution in [2.45, 2.75) is 18.0 Å². The van der Waals surface area contributed by atoms with Gasteiger partial charge in [0.2, 0.25) is 10.0 Å². The highest BCUT2D eigenvalue weighted by Gasteiger charge is 2.27. The number of ether oxygens (including phenoxy) is 1. The van der Waals surface area contributed by atoms with E-state index >= 15 is 0 Å². The topological polar surface area (TPSA) is 78.0 Å². The minimum absolute atomic E-state index is 0.245. The van der Waals surface area contributed by atoms with Gasteiger partial charge < -0.3 is 15.0 Å². The summed E-state index contributed by atoms with van der Waals surface area (Å²) in [4.78, 5) is 9.11. The monoisotopic (exact) mass is 445 g/mol. The SMILES string of the molecule is CN1CCN(S(=O)(=O)c2ccc(NCc3cccc(CN4CCOCC4)c3)nc2)CC1. The summed E-state index contributed by atoms with van der Waals surface area (Å²) in [6, 6.07) is 11.9. The fourth-order valence-electron chi connectivity index (χ4n) is 3.86. The number of nitrogens with one attached hydrogen (secondary N) is 1. The Hall–Kier alpha value is -2.04. The molecule has 0 atom stereocenters. The van der Waals surface area contributed by atoms with Crippen molar-refractivity contribution in [3.8, 4) is 0 Å². The van der Waals surface area contributed by atoms with Crippen LogP contribution < -0.4 is 5.32 Å². The van der Waals surface area contributed by atoms with Crippen LogP contribution in [0.15, 0.2) is 47.5 Å². The number of likely N-dealkylation sites (N-methyl/N-ethyl adjacent to an activating group) is 1. The van der Waals surface area contributed by atoms with Crippen LogP contribution in [-0.4, -0.2) is 87.0 Å². The smallest absolute Gasteiger partial charge is 0.244 e. The van der Waals surface area contributed by atoms with Gasteiger partial charge in [-0.05, 0) is 30.3 Å². The van der Waals surface area contributed by atoms with Crippen molar-refractivity contribution in [2.24, 2.45) is 0 Å². The van der Waals surface area contributed by atoms with Gasteiger partial charge in [-0.15, -0.1) is 0 Å². The molecule has 1 aromatic carbocycles. The van der Waals surface area contributed by atoms with Gasteiger partial charge in [-0.25, -0.2) is 13.4 Å². The summed E-state index contributed by atoms with van der Waals surface area (Å²) in [5.41, 5.74) is 2.45. The zero-order valence-corrected chi connectivity index (χ0v) is 18.9. The van der Waals surface area contributed by atoms with Crippen molar-refractivity contribution in [3.63, 3.8) is 0 Å². The Kier molecular flexibility index (Phi) is 7.19. The van der Waals surface area contributed by atoms with E-state index in [9.17, 15) is 8.42 Å². The number of hydrogen-bond donors (Lipinski definition) is 1. The van der Waals surface area contributed by atoms with E-state index in [1.165, 1.54) is 21.6 Å². The maximum Gasteiger partial charge on any atom is 0.244 e. The number of benzene rings is 1. The van der Waals surface area contributed by atoms with Gasteiger partial charge in [-0.1, -0.05) is 24.3 Å². The molecule has 9 heteroatoms. The first-order valence-electron chi connectivity index (χ1n) is 10.8. The molecule has 31 heavy (non-hydrogen) atoms. The Morgan fingerprint density at radius 2 is 1.74 bits per heavy atom. The van der Waals surface area contributed by atoms with E-state index in [4.69, 9.17) is 4.74 Å². The molecule has 0 aliphatic carbocycles. The third kappa shape index (κ3) is 5.81. The minimum atomic E-state index is -3.49. The molecule has 1 N–H and O–H groups in total. The van der Waals surface area contributed by atoms with Crippen molar-refractivity contribution in [2.75, 3.05) is 64.8 Å². The maximum atomic E-state index is 12.8. The Morgan fingerprint density at radius 1 is 1.00 bits per heavy atom. The van der Waals surface area contributed by atoms with Crippen molar-refractivity contribution in [1.29, 1.82) is 0 Å². The standard InChI is InChI=1S/C22H31N5O3S/c1-25-7-9-27(10-8-25)31(28,29)21-5-6-22(24-17-21)23-16-19-3-2-4-20(15-19)18-26-11-13-30-14-12-26/h2-6,15,17H,7-14,16,18H2,1H3,(H,23,24). The third-order valence-corrected chi connectivity index (χ3v) is 7.69. The molecular weight excluding hydrogens is 414 g/mol. The highest BCUT2D eigenvalue weighted by molar-refractivity contribution is 7.89. The van der Waals surface area contributed by atoms with E-state index in [1.54, 1.807) is 12.1 Å². The number of pyridine rings is 1. The van der Waals surface area contributed by atoms with Gasteiger partial charge >= 0.3 is 0 Å². The van der Waals surface area contributed by atoms with Gasteiger partial charge in [0.15, 0.2) is 0 Å². The molecule has 3 heterocycles. The summed E-state index contributed by atoms with van der Waals surface area (Å²) >= 11 is 0. The van der Waals surface area contributed by atoms with E-state index in [2.05, 4.69) is 44.4 Å². The zero-order valence-electron chi connectivity index (χ0n) is 18.0. The molecule has 0 radical (unpaired) electrons. The summed E-state index contributed by atoms with van der Waals surface area (Å²) in [6.45, 7) is 7.61. The molecule has 1 aromatic heterocycles. The Morgan fingerprint density at radius 3 is 2.45 bits per heavy atom. The lowest BCUT2D eigenvalue weighted by molar-refractivity contribution is 0.0342. The van der Waals surface area contributed by atoms with E-state index < -0.39 is 10.0 Å². The number of anilines is 1. The van der Waals surface area contributed by atoms with Crippen LogP contribution in [0.2, 0.25) is 0 Å². The first-order valence-corrected chi connectivity index (χ1v) is 12.2. The zero-order chi connectivity index (χ0) is 21.7. The number of sulfonamides is 1. The highest BCUT2D eigenvalue weighted by atomic mass is 32.2. The quantitative estimate of drug-likeness (QED) is 0.691. The molecule has 0 spiro atoms. The Balaban J connectivity index is 1.33. The summed E-state index contributed by atoms with van der Waals surface area (Å²) in [5, 5.41) is 3.30. The molecule has 8 nitrogen and oxygen atoms in total. The number of hydrogen-bond acceptors (Lipinski definition) is 7. The second-order valence-corrected chi connectivity index (χ2v) is 10.1. The number of nitrogens with zero attached hydrogens (tertiary/aromatic N) is 4. The predicted octanol–water partition coefficient (Wildman–Crippen LogP) is 1.46. The second-order valence-electron chi connectivity index (χ2n) is 8.15. The molecule has 2 aliphatic rings. The van der Waals surface area contributed by atoms with Crippen molar-refractivity contribution >= 4 is 15.8 Å². The normalized spacial score (nSPS) is 19.4. The van der Waals surface area contributed by atoms with Crippen LogP contribution in [0.3, 0.4) is 0 Å². The van der Waals surface area contributed by atoms with Crippen LogP contribution in [0.4, 0.5) is 5.82 Å². The Labute approximate surface area is 184 Å². The molecular formula is C22H31N5O3S. The van der Waals surface area contributed by atoms with Gasteiger partial charge in [-0.2, -0.15) is 4.31 Å². The molecule has 4 rings (SSSR count). The molecule has 2 aromatic rings. The highest BCUT2D eigenvalue weighted by Crippen LogP contribution is 2.18. The second kappa shape index (κ2) is 10.1. The molecule has 2 saturated heterocycles. The fraction of sp³-hybridized carbons (Fsp3) is 0.500. The summed E-state index contributed by atoms with van der Waals surface area (Å²) in [7, 11) is -1.48. The van der Waals surface area contributed by atoms with Crippen LogP contribution >= 0.6 is 0 Å². The average molecular weight is 446 g/mol. The molecule has 2 aliphatic heterocycles. The molecule has 0 unspecified atom stereocenters. The molecule has 0 saturated carbocycles. The van der Waals surface area contributed by atoms with Gasteiger partial charge in [0.25, 0.3) is 0 Å². The van der Waals surface area contributed by atoms with E-state index in [1.807, 2.05) is 7.05 Å². The van der Waals surface area contributed by atoms with Crippen LogP contribution in [-0.2, 0) is 27.8 Å². The van der Waals surface area contributed by atoms with E-state index in [0.717, 1.165) is 45.9 Å². The number of piperazine rings is 1. The average Bonchev–Trinajstić information content (AvgIpc) is 2.79. The fourth-order valence-corrected chi connectivity index (χ4v) is 5.23. The van der Waals surface area contributed by atoms with Crippen LogP contribution in [0.1, 0.15) is 11.1 Å². The van der Waals surface area contributed by atoms with Crippen LogP contribution in [0.5, 0.6) is 0 Å². The molecule has 0 bridgehead atoms. The lowest BCUT2D eigenvalue weighted by Crippen LogP contribution is -2.47. The number of aromatic nitrogens is 1. The summed E-state index contributed by atoms with van der Waals surface area (Å²) in [6.07, 6.45) is 1.45. The van der Waals surface area contributed by atoms with Gasteiger partial charge in [-0.3, -0.25) is 4.90 Å². The minimum Gasteiger partial charge on any atom is -0.379 e. The van der Waals surface area contributed by atoms with E-state index in [0.29, 0.717) is 25.5 Å². The summed E-state index contributed by atoms with van der Waals surface area (Å²) in [5.74, 6) is 0.663. The largest absolute Gasteiger partial charge is 0.379 e. The number of morpholine rings is 1. The first kappa shape index (κ1) is 22.2. The third-order valence-electron chi connectivity index (χ3n) is 5.81.